The highest BCUT2D eigenvalue weighted by atomic mass is 79.9. The van der Waals surface area contributed by atoms with Crippen LogP contribution in [0.4, 0.5) is 0 Å². The van der Waals surface area contributed by atoms with Crippen LogP contribution < -0.4 is 0 Å². The SMILES string of the molecule is O=C1CCC(O)CCN1CCSc1ccc(Br)cc1. The molecule has 0 spiro atoms. The lowest BCUT2D eigenvalue weighted by molar-refractivity contribution is -0.130. The topological polar surface area (TPSA) is 40.5 Å². The first kappa shape index (κ1) is 14.9. The number of aliphatic hydroxyl groups excluding tert-OH is 1. The Bertz CT molecular complexity index is 424. The second kappa shape index (κ2) is 7.31. The number of hydrogen-bond donors (Lipinski definition) is 1. The summed E-state index contributed by atoms with van der Waals surface area (Å²) >= 11 is 5.17. The fourth-order valence-corrected chi connectivity index (χ4v) is 3.20. The minimum Gasteiger partial charge on any atom is -0.393 e. The Balaban J connectivity index is 1.78. The highest BCUT2D eigenvalue weighted by Crippen LogP contribution is 2.21. The van der Waals surface area contributed by atoms with Crippen LogP contribution in [-0.4, -0.2) is 40.9 Å². The maximum absolute atomic E-state index is 11.8. The molecule has 1 N–H and O–H groups in total. The van der Waals surface area contributed by atoms with Crippen LogP contribution in [-0.2, 0) is 4.79 Å². The molecule has 0 radical (unpaired) electrons. The highest BCUT2D eigenvalue weighted by molar-refractivity contribution is 9.10. The minimum absolute atomic E-state index is 0.174. The third-order valence-corrected chi connectivity index (χ3v) is 4.74. The number of aliphatic hydroxyl groups is 1. The van der Waals surface area contributed by atoms with Crippen molar-refractivity contribution < 1.29 is 9.90 Å². The van der Waals surface area contributed by atoms with Crippen LogP contribution in [0, 0.1) is 0 Å². The molecule has 0 aromatic heterocycles. The predicted molar refractivity (Wildman–Crippen MR) is 81.3 cm³/mol. The third-order valence-electron chi connectivity index (χ3n) is 3.22. The number of carbonyl (C=O) groups excluding carboxylic acids is 1. The molecular weight excluding hydrogens is 326 g/mol. The predicted octanol–water partition coefficient (Wildman–Crippen LogP) is 2.91. The van der Waals surface area contributed by atoms with Crippen LogP contribution in [0.5, 0.6) is 0 Å². The molecule has 1 heterocycles. The summed E-state index contributed by atoms with van der Waals surface area (Å²) in [4.78, 5) is 14.9. The van der Waals surface area contributed by atoms with Crippen molar-refractivity contribution >= 4 is 33.6 Å². The average molecular weight is 344 g/mol. The van der Waals surface area contributed by atoms with Crippen LogP contribution >= 0.6 is 27.7 Å². The van der Waals surface area contributed by atoms with Gasteiger partial charge in [-0.25, -0.2) is 0 Å². The molecule has 1 unspecified atom stereocenters. The summed E-state index contributed by atoms with van der Waals surface area (Å²) in [6.45, 7) is 1.44. The number of thioether (sulfide) groups is 1. The van der Waals surface area contributed by atoms with Crippen molar-refractivity contribution in [3.05, 3.63) is 28.7 Å². The van der Waals surface area contributed by atoms with Gasteiger partial charge in [0, 0.05) is 34.6 Å². The van der Waals surface area contributed by atoms with E-state index in [9.17, 15) is 9.90 Å². The summed E-state index contributed by atoms with van der Waals surface area (Å²) in [5.74, 6) is 1.07. The Morgan fingerprint density at radius 1 is 1.32 bits per heavy atom. The average Bonchev–Trinajstić information content (AvgIpc) is 2.56. The van der Waals surface area contributed by atoms with E-state index in [1.54, 1.807) is 11.8 Å². The van der Waals surface area contributed by atoms with Gasteiger partial charge in [0.1, 0.15) is 0 Å². The number of nitrogens with zero attached hydrogens (tertiary/aromatic N) is 1. The molecule has 1 fully saturated rings. The van der Waals surface area contributed by atoms with Gasteiger partial charge in [0.25, 0.3) is 0 Å². The number of halogens is 1. The lowest BCUT2D eigenvalue weighted by Gasteiger charge is -2.20. The number of amides is 1. The fraction of sp³-hybridized carbons (Fsp3) is 0.500. The molecule has 1 aliphatic heterocycles. The second-order valence-corrected chi connectivity index (χ2v) is 6.75. The van der Waals surface area contributed by atoms with Gasteiger partial charge in [-0.3, -0.25) is 4.79 Å². The maximum Gasteiger partial charge on any atom is 0.222 e. The van der Waals surface area contributed by atoms with Gasteiger partial charge in [0.2, 0.25) is 5.91 Å². The summed E-state index contributed by atoms with van der Waals surface area (Å²) in [5.41, 5.74) is 0. The standard InChI is InChI=1S/C14H18BrNO2S/c15-11-1-4-13(5-2-11)19-10-9-16-8-7-12(17)3-6-14(16)18/h1-2,4-5,12,17H,3,6-10H2. The molecule has 1 saturated heterocycles. The molecule has 1 aromatic carbocycles. The number of benzene rings is 1. The monoisotopic (exact) mass is 343 g/mol. The molecule has 2 rings (SSSR count). The van der Waals surface area contributed by atoms with Crippen molar-refractivity contribution in [1.29, 1.82) is 0 Å². The first-order valence-electron chi connectivity index (χ1n) is 6.49. The fourth-order valence-electron chi connectivity index (χ4n) is 2.06. The van der Waals surface area contributed by atoms with Crippen molar-refractivity contribution in [2.75, 3.05) is 18.8 Å². The highest BCUT2D eigenvalue weighted by Gasteiger charge is 2.20. The molecule has 1 aliphatic rings. The molecule has 104 valence electrons. The molecule has 1 aromatic rings. The lowest BCUT2D eigenvalue weighted by Crippen LogP contribution is -2.32. The molecule has 3 nitrogen and oxygen atoms in total. The van der Waals surface area contributed by atoms with Crippen molar-refractivity contribution in [3.8, 4) is 0 Å². The number of rotatable bonds is 4. The zero-order valence-corrected chi connectivity index (χ0v) is 13.1. The van der Waals surface area contributed by atoms with E-state index in [0.29, 0.717) is 25.8 Å². The second-order valence-electron chi connectivity index (χ2n) is 4.66. The molecule has 0 bridgehead atoms. The molecule has 19 heavy (non-hydrogen) atoms. The van der Waals surface area contributed by atoms with Crippen molar-refractivity contribution in [2.45, 2.75) is 30.3 Å². The van der Waals surface area contributed by atoms with Gasteiger partial charge in [-0.1, -0.05) is 15.9 Å². The van der Waals surface area contributed by atoms with E-state index in [-0.39, 0.29) is 12.0 Å². The van der Waals surface area contributed by atoms with Gasteiger partial charge < -0.3 is 10.0 Å². The first-order valence-corrected chi connectivity index (χ1v) is 8.27. The van der Waals surface area contributed by atoms with Gasteiger partial charge in [0.15, 0.2) is 0 Å². The molecule has 0 aliphatic carbocycles. The van der Waals surface area contributed by atoms with Crippen LogP contribution in [0.25, 0.3) is 0 Å². The number of hydrogen-bond acceptors (Lipinski definition) is 3. The molecule has 0 saturated carbocycles. The number of carbonyl (C=O) groups is 1. The Morgan fingerprint density at radius 3 is 2.79 bits per heavy atom. The normalized spacial score (nSPS) is 20.4. The zero-order valence-electron chi connectivity index (χ0n) is 10.7. The van der Waals surface area contributed by atoms with Gasteiger partial charge in [-0.2, -0.15) is 0 Å². The van der Waals surface area contributed by atoms with E-state index in [1.165, 1.54) is 4.90 Å². The third kappa shape index (κ3) is 4.82. The Morgan fingerprint density at radius 2 is 2.05 bits per heavy atom. The largest absolute Gasteiger partial charge is 0.393 e. The van der Waals surface area contributed by atoms with Crippen molar-refractivity contribution in [3.63, 3.8) is 0 Å². The summed E-state index contributed by atoms with van der Waals surface area (Å²) in [6, 6.07) is 8.19. The number of likely N-dealkylation sites (tertiary alicyclic amines) is 1. The summed E-state index contributed by atoms with van der Waals surface area (Å²) in [6.07, 6.45) is 1.47. The molecule has 1 amide bonds. The molecule has 5 heteroatoms. The maximum atomic E-state index is 11.8. The summed E-state index contributed by atoms with van der Waals surface area (Å²) in [5, 5.41) is 9.57. The Labute approximate surface area is 126 Å². The Kier molecular flexibility index (Phi) is 5.73. The van der Waals surface area contributed by atoms with E-state index in [4.69, 9.17) is 0 Å². The van der Waals surface area contributed by atoms with Gasteiger partial charge >= 0.3 is 0 Å². The van der Waals surface area contributed by atoms with Crippen molar-refractivity contribution in [1.82, 2.24) is 4.90 Å². The quantitative estimate of drug-likeness (QED) is 0.854. The summed E-state index contributed by atoms with van der Waals surface area (Å²) < 4.78 is 1.08. The lowest BCUT2D eigenvalue weighted by atomic mass is 10.2. The van der Waals surface area contributed by atoms with Gasteiger partial charge in [-0.15, -0.1) is 11.8 Å². The Hall–Kier alpha value is -0.520. The summed E-state index contributed by atoms with van der Waals surface area (Å²) in [7, 11) is 0. The van der Waals surface area contributed by atoms with Crippen LogP contribution in [0.3, 0.4) is 0 Å². The van der Waals surface area contributed by atoms with Gasteiger partial charge in [-0.05, 0) is 37.1 Å². The minimum atomic E-state index is -0.312. The van der Waals surface area contributed by atoms with Gasteiger partial charge in [0.05, 0.1) is 6.10 Å². The van der Waals surface area contributed by atoms with Crippen LogP contribution in [0.1, 0.15) is 19.3 Å². The smallest absolute Gasteiger partial charge is 0.222 e. The van der Waals surface area contributed by atoms with Crippen LogP contribution in [0.15, 0.2) is 33.6 Å². The zero-order chi connectivity index (χ0) is 13.7. The molecule has 1 atom stereocenters. The van der Waals surface area contributed by atoms with E-state index in [1.807, 2.05) is 17.0 Å². The molecular formula is C14H18BrNO2S. The van der Waals surface area contributed by atoms with E-state index < -0.39 is 0 Å². The van der Waals surface area contributed by atoms with E-state index >= 15 is 0 Å². The first-order chi connectivity index (χ1) is 9.15. The van der Waals surface area contributed by atoms with Crippen molar-refractivity contribution in [2.24, 2.45) is 0 Å². The van der Waals surface area contributed by atoms with Crippen LogP contribution in [0.2, 0.25) is 0 Å². The van der Waals surface area contributed by atoms with E-state index in [0.717, 1.165) is 16.8 Å². The van der Waals surface area contributed by atoms with E-state index in [2.05, 4.69) is 28.1 Å².